The number of diazo groups is 1. The number of rotatable bonds is 0. The highest BCUT2D eigenvalue weighted by molar-refractivity contribution is 6.50. The second-order valence-corrected chi connectivity index (χ2v) is 2.84. The maximum atomic E-state index is 9.75. The molecule has 3 nitrogen and oxygen atoms in total. The first-order chi connectivity index (χ1) is 7.20. The number of anilines is 1. The van der Waals surface area contributed by atoms with E-state index in [4.69, 9.17) is 16.5 Å². The van der Waals surface area contributed by atoms with Crippen LogP contribution in [0.3, 0.4) is 0 Å². The lowest BCUT2D eigenvalue weighted by molar-refractivity contribution is -0.175. The first-order valence-corrected chi connectivity index (χ1v) is 4.12. The van der Waals surface area contributed by atoms with Crippen molar-refractivity contribution in [2.75, 3.05) is 5.73 Å². The van der Waals surface area contributed by atoms with Gasteiger partial charge in [-0.1, -0.05) is 6.07 Å². The zero-order valence-electron chi connectivity index (χ0n) is 8.85. The lowest BCUT2D eigenvalue weighted by atomic mass is 10.1. The second-order valence-electron chi connectivity index (χ2n) is 2.84. The number of hydrogen-bond acceptors (Lipinski definition) is 2. The number of halogens is 4. The fourth-order valence-electron chi connectivity index (χ4n) is 0.765. The molecule has 0 spiro atoms. The van der Waals surface area contributed by atoms with E-state index < -0.39 is 7.25 Å². The van der Waals surface area contributed by atoms with Crippen molar-refractivity contribution in [3.05, 3.63) is 29.3 Å². The predicted octanol–water partition coefficient (Wildman–Crippen LogP) is 1.46. The summed E-state index contributed by atoms with van der Waals surface area (Å²) in [5.74, 6) is 0. The number of benzene rings is 1. The van der Waals surface area contributed by atoms with Crippen LogP contribution in [0, 0.1) is 19.2 Å². The Morgan fingerprint density at radius 3 is 1.69 bits per heavy atom. The summed E-state index contributed by atoms with van der Waals surface area (Å²) in [5, 5.41) is 11.0. The summed E-state index contributed by atoms with van der Waals surface area (Å²) in [6.07, 6.45) is 0. The van der Waals surface area contributed by atoms with E-state index in [9.17, 15) is 17.3 Å². The van der Waals surface area contributed by atoms with Gasteiger partial charge in [-0.3, -0.25) is 0 Å². The van der Waals surface area contributed by atoms with Crippen LogP contribution in [0.25, 0.3) is 0 Å². The Hall–Kier alpha value is -1.78. The van der Waals surface area contributed by atoms with E-state index in [1.54, 1.807) is 0 Å². The van der Waals surface area contributed by atoms with E-state index in [2.05, 4.69) is 13.8 Å². The van der Waals surface area contributed by atoms with E-state index in [0.717, 1.165) is 5.69 Å². The minimum Gasteiger partial charge on any atom is -0.418 e. The van der Waals surface area contributed by atoms with Crippen LogP contribution in [0.1, 0.15) is 11.1 Å². The molecule has 0 aliphatic carbocycles. The average molecular weight is 237 g/mol. The minimum absolute atomic E-state index is 0.845. The summed E-state index contributed by atoms with van der Waals surface area (Å²) in [6.45, 7) is 4.14. The maximum absolute atomic E-state index is 9.75. The molecule has 1 aromatic carbocycles. The minimum atomic E-state index is -6.00. The van der Waals surface area contributed by atoms with Gasteiger partial charge >= 0.3 is 7.25 Å². The van der Waals surface area contributed by atoms with Crippen LogP contribution in [0.2, 0.25) is 0 Å². The molecule has 0 fully saturated rings. The first-order valence-electron chi connectivity index (χ1n) is 4.12. The molecule has 0 aliphatic rings. The summed E-state index contributed by atoms with van der Waals surface area (Å²) < 4.78 is 39.0. The molecular weight excluding hydrogens is 225 g/mol. The number of nitrogen functional groups attached to an aromatic ring is 1. The third-order valence-electron chi connectivity index (χ3n) is 1.53. The molecule has 90 valence electrons. The monoisotopic (exact) mass is 237 g/mol. The molecule has 0 heterocycles. The Kier molecular flexibility index (Phi) is 7.81. The van der Waals surface area contributed by atoms with Gasteiger partial charge in [0.15, 0.2) is 0 Å². The maximum Gasteiger partial charge on any atom is 0.673 e. The van der Waals surface area contributed by atoms with Crippen molar-refractivity contribution in [1.82, 2.24) is 0 Å². The highest BCUT2D eigenvalue weighted by Crippen LogP contribution is 2.09. The zero-order chi connectivity index (χ0) is 13.4. The van der Waals surface area contributed by atoms with Gasteiger partial charge in [-0.05, 0) is 37.1 Å². The number of aryl methyl sites for hydroxylation is 2. The molecule has 0 amide bonds. The highest BCUT2D eigenvalue weighted by atomic mass is 19.5. The average Bonchev–Trinajstić information content (AvgIpc) is 2.13. The third kappa shape index (κ3) is 12.2. The molecule has 1 rings (SSSR count). The molecule has 16 heavy (non-hydrogen) atoms. The Labute approximate surface area is 90.8 Å². The molecule has 0 aromatic heterocycles. The van der Waals surface area contributed by atoms with E-state index >= 15 is 0 Å². The van der Waals surface area contributed by atoms with Gasteiger partial charge in [-0.2, -0.15) is 0 Å². The van der Waals surface area contributed by atoms with Crippen molar-refractivity contribution in [3.63, 3.8) is 0 Å². The second kappa shape index (κ2) is 7.51. The molecule has 1 aromatic rings. The lowest BCUT2D eigenvalue weighted by Crippen LogP contribution is -2.11. The van der Waals surface area contributed by atoms with Gasteiger partial charge in [-0.25, -0.2) is 0 Å². The summed E-state index contributed by atoms with van der Waals surface area (Å²) >= 11 is 0. The van der Waals surface area contributed by atoms with Crippen molar-refractivity contribution in [1.29, 1.82) is 5.39 Å². The topological polar surface area (TPSA) is 73.6 Å². The van der Waals surface area contributed by atoms with Gasteiger partial charge in [-0.15, -0.1) is 0 Å². The summed E-state index contributed by atoms with van der Waals surface area (Å²) in [7, 11) is -6.00. The van der Waals surface area contributed by atoms with E-state index in [-0.39, 0.29) is 0 Å². The number of nitrogens with zero attached hydrogens (tertiary/aromatic N) is 1. The van der Waals surface area contributed by atoms with E-state index in [0.29, 0.717) is 0 Å². The van der Waals surface area contributed by atoms with Crippen LogP contribution in [-0.4, -0.2) is 7.25 Å². The number of hydrogen-bond donors (Lipinski definition) is 2. The molecule has 0 saturated heterocycles. The van der Waals surface area contributed by atoms with E-state index in [1.807, 2.05) is 18.2 Å². The molecule has 8 heteroatoms. The molecule has 3 N–H and O–H groups in total. The van der Waals surface area contributed by atoms with Gasteiger partial charge in [0.2, 0.25) is 5.39 Å². The molecule has 0 radical (unpaired) electrons. The van der Waals surface area contributed by atoms with Crippen LogP contribution >= 0.6 is 0 Å². The number of nitrogens with two attached hydrogens (primary N) is 1. The van der Waals surface area contributed by atoms with Gasteiger partial charge in [0.05, 0.1) is 5.39 Å². The van der Waals surface area contributed by atoms with Crippen molar-refractivity contribution >= 4 is 12.9 Å². The Morgan fingerprint density at radius 1 is 1.06 bits per heavy atom. The molecule has 0 bridgehead atoms. The molecule has 0 aliphatic heterocycles. The van der Waals surface area contributed by atoms with Gasteiger partial charge < -0.3 is 23.0 Å². The summed E-state index contributed by atoms with van der Waals surface area (Å²) in [6, 6.07) is 5.93. The van der Waals surface area contributed by atoms with Crippen molar-refractivity contribution in [2.24, 2.45) is 0 Å². The summed E-state index contributed by atoms with van der Waals surface area (Å²) in [5.41, 5.74) is 8.93. The SMILES string of the molecule is Cc1ccc(N)cc1C.F[B-](F)(F)F.N#[NH+]. The van der Waals surface area contributed by atoms with Crippen LogP contribution in [0.5, 0.6) is 0 Å². The quantitative estimate of drug-likeness (QED) is 0.310. The van der Waals surface area contributed by atoms with Crippen LogP contribution in [-0.2, 0) is 0 Å². The molecular formula is C8H12BF4N3. The highest BCUT2D eigenvalue weighted by Gasteiger charge is 2.20. The predicted molar refractivity (Wildman–Crippen MR) is 53.2 cm³/mol. The zero-order valence-corrected chi connectivity index (χ0v) is 8.85. The largest absolute Gasteiger partial charge is 0.673 e. The van der Waals surface area contributed by atoms with Gasteiger partial charge in [0, 0.05) is 5.69 Å². The molecule has 0 atom stereocenters. The molecule has 0 saturated carbocycles. The van der Waals surface area contributed by atoms with Crippen molar-refractivity contribution in [3.8, 4) is 0 Å². The third-order valence-corrected chi connectivity index (χ3v) is 1.53. The standard InChI is InChI=1S/C8H11N.BF4.N2/c1-6-3-4-8(9)5-7(6)2;2-1(3,4)5;1-2/h3-5H,9H2,1-2H3;;/q;-1;/p+1. The lowest BCUT2D eigenvalue weighted by Gasteiger charge is -1.98. The van der Waals surface area contributed by atoms with Crippen LogP contribution in [0.15, 0.2) is 18.2 Å². The fourth-order valence-corrected chi connectivity index (χ4v) is 0.765. The first kappa shape index (κ1) is 16.6. The normalized spacial score (nSPS) is 9.25. The number of nitrogens with one attached hydrogen (secondary N) is 1. The molecule has 0 unspecified atom stereocenters. The van der Waals surface area contributed by atoms with Crippen molar-refractivity contribution in [2.45, 2.75) is 13.8 Å². The Bertz CT molecular complexity index is 332. The van der Waals surface area contributed by atoms with Gasteiger partial charge in [0.1, 0.15) is 0 Å². The fraction of sp³-hybridized carbons (Fsp3) is 0.250. The Morgan fingerprint density at radius 2 is 1.44 bits per heavy atom. The smallest absolute Gasteiger partial charge is 0.418 e. The van der Waals surface area contributed by atoms with Crippen LogP contribution in [0.4, 0.5) is 23.0 Å². The van der Waals surface area contributed by atoms with E-state index in [1.165, 1.54) is 11.1 Å². The summed E-state index contributed by atoms with van der Waals surface area (Å²) in [4.78, 5) is 0. The Balaban J connectivity index is 0. The van der Waals surface area contributed by atoms with Crippen molar-refractivity contribution < 1.29 is 22.7 Å². The van der Waals surface area contributed by atoms with Gasteiger partial charge in [0.25, 0.3) is 0 Å². The van der Waals surface area contributed by atoms with Crippen LogP contribution < -0.4 is 11.1 Å².